The third kappa shape index (κ3) is 2.19. The van der Waals surface area contributed by atoms with E-state index in [2.05, 4.69) is 0 Å². The molecule has 3 N–H and O–H groups in total. The highest BCUT2D eigenvalue weighted by Gasteiger charge is 2.18. The molecule has 0 aromatic heterocycles. The minimum Gasteiger partial charge on any atom is -0.504 e. The predicted octanol–water partition coefficient (Wildman–Crippen LogP) is 2.42. The molecule has 1 rings (SSSR count). The summed E-state index contributed by atoms with van der Waals surface area (Å²) in [4.78, 5) is 0. The molecular formula is C11H16ClNO2. The second-order valence-corrected chi connectivity index (χ2v) is 4.01. The van der Waals surface area contributed by atoms with Gasteiger partial charge in [0.15, 0.2) is 11.5 Å². The summed E-state index contributed by atoms with van der Waals surface area (Å²) >= 11 is 5.94. The summed E-state index contributed by atoms with van der Waals surface area (Å²) in [6, 6.07) is 1.78. The standard InChI is InChI=1S/C11H16ClNO2/c1-6-4-8(12)11(15-3)10(14)9(6)7(2)5-13/h4,7,14H,5,13H2,1-3H3. The van der Waals surface area contributed by atoms with Crippen molar-refractivity contribution in [1.29, 1.82) is 0 Å². The Labute approximate surface area is 94.8 Å². The van der Waals surface area contributed by atoms with Crippen LogP contribution in [0, 0.1) is 6.92 Å². The van der Waals surface area contributed by atoms with E-state index in [1.54, 1.807) is 6.07 Å². The molecule has 1 aromatic rings. The van der Waals surface area contributed by atoms with Crippen LogP contribution in [-0.2, 0) is 0 Å². The van der Waals surface area contributed by atoms with Crippen LogP contribution in [0.1, 0.15) is 24.0 Å². The number of methoxy groups -OCH3 is 1. The van der Waals surface area contributed by atoms with E-state index < -0.39 is 0 Å². The van der Waals surface area contributed by atoms with Gasteiger partial charge in [-0.25, -0.2) is 0 Å². The monoisotopic (exact) mass is 229 g/mol. The Morgan fingerprint density at radius 3 is 2.67 bits per heavy atom. The molecule has 0 saturated carbocycles. The summed E-state index contributed by atoms with van der Waals surface area (Å²) in [5.74, 6) is 0.495. The van der Waals surface area contributed by atoms with Crippen LogP contribution in [0.4, 0.5) is 0 Å². The van der Waals surface area contributed by atoms with Gasteiger partial charge in [0.25, 0.3) is 0 Å². The Morgan fingerprint density at radius 1 is 1.60 bits per heavy atom. The molecule has 3 nitrogen and oxygen atoms in total. The third-order valence-electron chi connectivity index (χ3n) is 2.51. The molecule has 0 aliphatic carbocycles. The first kappa shape index (κ1) is 12.1. The van der Waals surface area contributed by atoms with Gasteiger partial charge in [0.05, 0.1) is 12.1 Å². The molecule has 1 atom stereocenters. The van der Waals surface area contributed by atoms with E-state index in [0.29, 0.717) is 17.3 Å². The van der Waals surface area contributed by atoms with E-state index >= 15 is 0 Å². The van der Waals surface area contributed by atoms with E-state index in [-0.39, 0.29) is 11.7 Å². The minimum absolute atomic E-state index is 0.0798. The van der Waals surface area contributed by atoms with Gasteiger partial charge in [-0.1, -0.05) is 18.5 Å². The topological polar surface area (TPSA) is 55.5 Å². The smallest absolute Gasteiger partial charge is 0.179 e. The normalized spacial score (nSPS) is 12.6. The van der Waals surface area contributed by atoms with Gasteiger partial charge < -0.3 is 15.6 Å². The van der Waals surface area contributed by atoms with Crippen LogP contribution in [-0.4, -0.2) is 18.8 Å². The van der Waals surface area contributed by atoms with Crippen molar-refractivity contribution in [3.05, 3.63) is 22.2 Å². The number of ether oxygens (including phenoxy) is 1. The van der Waals surface area contributed by atoms with Gasteiger partial charge in [0, 0.05) is 5.56 Å². The molecule has 0 heterocycles. The molecular weight excluding hydrogens is 214 g/mol. The van der Waals surface area contributed by atoms with Gasteiger partial charge in [0.2, 0.25) is 0 Å². The maximum Gasteiger partial charge on any atom is 0.179 e. The fraction of sp³-hybridized carbons (Fsp3) is 0.455. The first-order valence-corrected chi connectivity index (χ1v) is 5.16. The van der Waals surface area contributed by atoms with E-state index in [1.165, 1.54) is 7.11 Å². The first-order valence-electron chi connectivity index (χ1n) is 4.78. The van der Waals surface area contributed by atoms with E-state index in [1.807, 2.05) is 13.8 Å². The Balaban J connectivity index is 3.38. The summed E-state index contributed by atoms with van der Waals surface area (Å²) in [6.45, 7) is 4.32. The SMILES string of the molecule is COc1c(Cl)cc(C)c(C(C)CN)c1O. The summed E-state index contributed by atoms with van der Waals surface area (Å²) in [6.07, 6.45) is 0. The maximum absolute atomic E-state index is 9.99. The number of nitrogens with two attached hydrogens (primary N) is 1. The van der Waals surface area contributed by atoms with Crippen molar-refractivity contribution in [2.75, 3.05) is 13.7 Å². The van der Waals surface area contributed by atoms with Gasteiger partial charge in [0.1, 0.15) is 0 Å². The van der Waals surface area contributed by atoms with Crippen LogP contribution in [0.2, 0.25) is 5.02 Å². The van der Waals surface area contributed by atoms with Crippen LogP contribution < -0.4 is 10.5 Å². The number of phenolic OH excluding ortho intramolecular Hbond substituents is 1. The van der Waals surface area contributed by atoms with Gasteiger partial charge in [-0.15, -0.1) is 0 Å². The minimum atomic E-state index is 0.0798. The van der Waals surface area contributed by atoms with Crippen molar-refractivity contribution in [2.24, 2.45) is 5.73 Å². The lowest BCUT2D eigenvalue weighted by atomic mass is 9.95. The first-order chi connectivity index (χ1) is 7.02. The molecule has 0 fully saturated rings. The highest BCUT2D eigenvalue weighted by molar-refractivity contribution is 6.32. The lowest BCUT2D eigenvalue weighted by Crippen LogP contribution is -2.10. The summed E-state index contributed by atoms with van der Waals surface area (Å²) in [5, 5.41) is 10.4. The van der Waals surface area contributed by atoms with Gasteiger partial charge in [-0.3, -0.25) is 0 Å². The van der Waals surface area contributed by atoms with Crippen LogP contribution in [0.15, 0.2) is 6.07 Å². The van der Waals surface area contributed by atoms with Gasteiger partial charge in [-0.2, -0.15) is 0 Å². The molecule has 0 saturated heterocycles. The van der Waals surface area contributed by atoms with E-state index in [0.717, 1.165) is 11.1 Å². The highest BCUT2D eigenvalue weighted by atomic mass is 35.5. The van der Waals surface area contributed by atoms with Crippen molar-refractivity contribution >= 4 is 11.6 Å². The van der Waals surface area contributed by atoms with Crippen molar-refractivity contribution in [1.82, 2.24) is 0 Å². The molecule has 0 spiro atoms. The molecule has 0 radical (unpaired) electrons. The molecule has 1 unspecified atom stereocenters. The highest BCUT2D eigenvalue weighted by Crippen LogP contribution is 2.41. The van der Waals surface area contributed by atoms with Crippen molar-refractivity contribution in [3.63, 3.8) is 0 Å². The second kappa shape index (κ2) is 4.73. The lowest BCUT2D eigenvalue weighted by molar-refractivity contribution is 0.369. The predicted molar refractivity (Wildman–Crippen MR) is 61.9 cm³/mol. The Hall–Kier alpha value is -0.930. The molecule has 0 amide bonds. The van der Waals surface area contributed by atoms with Crippen molar-refractivity contribution in [2.45, 2.75) is 19.8 Å². The fourth-order valence-electron chi connectivity index (χ4n) is 1.69. The van der Waals surface area contributed by atoms with E-state index in [4.69, 9.17) is 22.1 Å². The molecule has 4 heteroatoms. The van der Waals surface area contributed by atoms with Crippen LogP contribution >= 0.6 is 11.6 Å². The van der Waals surface area contributed by atoms with Crippen LogP contribution in [0.3, 0.4) is 0 Å². The molecule has 0 bridgehead atoms. The number of benzene rings is 1. The number of hydrogen-bond donors (Lipinski definition) is 2. The number of rotatable bonds is 3. The number of phenols is 1. The average Bonchev–Trinajstić information content (AvgIpc) is 2.17. The zero-order valence-corrected chi connectivity index (χ0v) is 9.93. The maximum atomic E-state index is 9.99. The summed E-state index contributed by atoms with van der Waals surface area (Å²) in [5.41, 5.74) is 7.32. The Kier molecular flexibility index (Phi) is 3.83. The number of halogens is 1. The van der Waals surface area contributed by atoms with Gasteiger partial charge >= 0.3 is 0 Å². The fourth-order valence-corrected chi connectivity index (χ4v) is 2.02. The van der Waals surface area contributed by atoms with Crippen molar-refractivity contribution < 1.29 is 9.84 Å². The summed E-state index contributed by atoms with van der Waals surface area (Å²) < 4.78 is 5.04. The lowest BCUT2D eigenvalue weighted by Gasteiger charge is -2.17. The zero-order valence-electron chi connectivity index (χ0n) is 9.17. The molecule has 84 valence electrons. The molecule has 15 heavy (non-hydrogen) atoms. The Bertz CT molecular complexity index is 366. The van der Waals surface area contributed by atoms with Gasteiger partial charge in [-0.05, 0) is 31.0 Å². The number of aromatic hydroxyl groups is 1. The second-order valence-electron chi connectivity index (χ2n) is 3.61. The number of aryl methyl sites for hydroxylation is 1. The summed E-state index contributed by atoms with van der Waals surface area (Å²) in [7, 11) is 1.48. The molecule has 0 aliphatic heterocycles. The quantitative estimate of drug-likeness (QED) is 0.837. The van der Waals surface area contributed by atoms with Crippen LogP contribution in [0.5, 0.6) is 11.5 Å². The zero-order chi connectivity index (χ0) is 11.6. The largest absolute Gasteiger partial charge is 0.504 e. The number of hydrogen-bond acceptors (Lipinski definition) is 3. The molecule has 0 aliphatic rings. The Morgan fingerprint density at radius 2 is 2.20 bits per heavy atom. The molecule has 1 aromatic carbocycles. The van der Waals surface area contributed by atoms with E-state index in [9.17, 15) is 5.11 Å². The third-order valence-corrected chi connectivity index (χ3v) is 2.79. The average molecular weight is 230 g/mol. The van der Waals surface area contributed by atoms with Crippen molar-refractivity contribution in [3.8, 4) is 11.5 Å². The van der Waals surface area contributed by atoms with Crippen LogP contribution in [0.25, 0.3) is 0 Å².